The zero-order valence-electron chi connectivity index (χ0n) is 20.8. The van der Waals surface area contributed by atoms with Crippen LogP contribution in [0.2, 0.25) is 10.0 Å². The van der Waals surface area contributed by atoms with Crippen molar-refractivity contribution >= 4 is 50.7 Å². The molecule has 0 fully saturated rings. The monoisotopic (exact) mass is 561 g/mol. The van der Waals surface area contributed by atoms with Gasteiger partial charge in [0.05, 0.1) is 11.9 Å². The van der Waals surface area contributed by atoms with E-state index in [-0.39, 0.29) is 18.9 Å². The van der Waals surface area contributed by atoms with Gasteiger partial charge in [-0.2, -0.15) is 0 Å². The average molecular weight is 563 g/mol. The Bertz CT molecular complexity index is 1370. The summed E-state index contributed by atoms with van der Waals surface area (Å²) in [6.45, 7) is 1.28. The van der Waals surface area contributed by atoms with Crippen molar-refractivity contribution in [1.29, 1.82) is 0 Å². The number of carbonyl (C=O) groups is 2. The number of hydrogen-bond acceptors (Lipinski definition) is 4. The Morgan fingerprint density at radius 3 is 2.16 bits per heavy atom. The van der Waals surface area contributed by atoms with Crippen LogP contribution < -0.4 is 9.62 Å². The number of sulfonamides is 1. The number of halogens is 2. The molecule has 3 aromatic rings. The molecule has 0 aliphatic carbocycles. The first-order valence-electron chi connectivity index (χ1n) is 11.5. The molecule has 3 aromatic carbocycles. The smallest absolute Gasteiger partial charge is 0.244 e. The van der Waals surface area contributed by atoms with Crippen molar-refractivity contribution in [2.24, 2.45) is 0 Å². The molecule has 0 radical (unpaired) electrons. The van der Waals surface area contributed by atoms with E-state index in [0.29, 0.717) is 26.9 Å². The third kappa shape index (κ3) is 7.71. The topological polar surface area (TPSA) is 86.8 Å². The molecule has 0 heterocycles. The van der Waals surface area contributed by atoms with Gasteiger partial charge in [-0.05, 0) is 53.9 Å². The van der Waals surface area contributed by atoms with Gasteiger partial charge in [0.1, 0.15) is 12.6 Å². The van der Waals surface area contributed by atoms with Crippen LogP contribution in [0.15, 0.2) is 72.8 Å². The number of aryl methyl sites for hydroxylation is 1. The molecule has 0 bridgehead atoms. The molecule has 1 atom stereocenters. The summed E-state index contributed by atoms with van der Waals surface area (Å²) in [5.41, 5.74) is 2.49. The van der Waals surface area contributed by atoms with Crippen LogP contribution in [0.1, 0.15) is 16.7 Å². The van der Waals surface area contributed by atoms with Crippen molar-refractivity contribution in [2.45, 2.75) is 25.9 Å². The third-order valence-corrected chi connectivity index (χ3v) is 7.46. The summed E-state index contributed by atoms with van der Waals surface area (Å²) in [7, 11) is -2.35. The lowest BCUT2D eigenvalue weighted by Gasteiger charge is -2.33. The molecule has 7 nitrogen and oxygen atoms in total. The number of hydrogen-bond donors (Lipinski definition) is 1. The van der Waals surface area contributed by atoms with Crippen molar-refractivity contribution in [3.05, 3.63) is 99.5 Å². The van der Waals surface area contributed by atoms with Crippen LogP contribution in [0.5, 0.6) is 0 Å². The van der Waals surface area contributed by atoms with Gasteiger partial charge < -0.3 is 10.2 Å². The second-order valence-corrected chi connectivity index (χ2v) is 11.5. The lowest BCUT2D eigenvalue weighted by Crippen LogP contribution is -2.53. The highest BCUT2D eigenvalue weighted by atomic mass is 35.5. The Kier molecular flexibility index (Phi) is 9.59. The van der Waals surface area contributed by atoms with Crippen LogP contribution in [0.4, 0.5) is 5.69 Å². The maximum absolute atomic E-state index is 13.9. The lowest BCUT2D eigenvalue weighted by atomic mass is 10.0. The molecule has 37 heavy (non-hydrogen) atoms. The summed E-state index contributed by atoms with van der Waals surface area (Å²) in [6, 6.07) is 20.2. The van der Waals surface area contributed by atoms with Crippen molar-refractivity contribution in [1.82, 2.24) is 10.2 Å². The maximum atomic E-state index is 13.9. The van der Waals surface area contributed by atoms with E-state index in [1.54, 1.807) is 49.4 Å². The van der Waals surface area contributed by atoms with Crippen LogP contribution in [0.25, 0.3) is 0 Å². The predicted octanol–water partition coefficient (Wildman–Crippen LogP) is 4.45. The Morgan fingerprint density at radius 2 is 1.57 bits per heavy atom. The standard InChI is InChI=1S/C27H29Cl2N3O4S/c1-19-14-23(29)12-13-24(19)32(37(3,35)36)18-26(33)31(17-21-10-7-11-22(28)15-21)25(27(34)30-2)16-20-8-5-4-6-9-20/h4-15,25H,16-18H2,1-3H3,(H,30,34)/t25-/m0/s1. The highest BCUT2D eigenvalue weighted by molar-refractivity contribution is 7.92. The number of amides is 2. The fraction of sp³-hybridized carbons (Fsp3) is 0.259. The maximum Gasteiger partial charge on any atom is 0.244 e. The molecule has 0 saturated heterocycles. The average Bonchev–Trinajstić information content (AvgIpc) is 2.84. The molecule has 1 N–H and O–H groups in total. The van der Waals surface area contributed by atoms with Gasteiger partial charge in [0, 0.05) is 30.1 Å². The summed E-state index contributed by atoms with van der Waals surface area (Å²) in [4.78, 5) is 28.4. The van der Waals surface area contributed by atoms with Crippen LogP contribution in [0, 0.1) is 6.92 Å². The number of carbonyl (C=O) groups excluding carboxylic acids is 2. The first-order valence-corrected chi connectivity index (χ1v) is 14.1. The first-order chi connectivity index (χ1) is 17.5. The van der Waals surface area contributed by atoms with Gasteiger partial charge >= 0.3 is 0 Å². The normalized spacial score (nSPS) is 12.0. The Morgan fingerprint density at radius 1 is 0.919 bits per heavy atom. The minimum absolute atomic E-state index is 0.0571. The summed E-state index contributed by atoms with van der Waals surface area (Å²) in [6.07, 6.45) is 1.28. The van der Waals surface area contributed by atoms with Gasteiger partial charge in [-0.25, -0.2) is 8.42 Å². The second-order valence-electron chi connectivity index (χ2n) is 8.67. The lowest BCUT2D eigenvalue weighted by molar-refractivity contribution is -0.139. The molecule has 2 amide bonds. The van der Waals surface area contributed by atoms with Crippen molar-refractivity contribution < 1.29 is 18.0 Å². The van der Waals surface area contributed by atoms with Crippen molar-refractivity contribution in [2.75, 3.05) is 24.2 Å². The number of anilines is 1. The predicted molar refractivity (Wildman–Crippen MR) is 148 cm³/mol. The Hall–Kier alpha value is -3.07. The van der Waals surface area contributed by atoms with E-state index in [1.807, 2.05) is 30.3 Å². The van der Waals surface area contributed by atoms with Crippen LogP contribution in [-0.2, 0) is 32.6 Å². The summed E-state index contributed by atoms with van der Waals surface area (Å²) in [5, 5.41) is 3.58. The van der Waals surface area contributed by atoms with Crippen molar-refractivity contribution in [3.8, 4) is 0 Å². The molecule has 0 saturated carbocycles. The molecule has 0 unspecified atom stereocenters. The number of rotatable bonds is 10. The number of nitrogens with one attached hydrogen (secondary N) is 1. The summed E-state index contributed by atoms with van der Waals surface area (Å²) in [5.74, 6) is -0.905. The van der Waals surface area contributed by atoms with Gasteiger partial charge in [0.15, 0.2) is 0 Å². The highest BCUT2D eigenvalue weighted by Crippen LogP contribution is 2.26. The second kappa shape index (κ2) is 12.4. The molecule has 0 spiro atoms. The van der Waals surface area contributed by atoms with Gasteiger partial charge in [-0.3, -0.25) is 13.9 Å². The Balaban J connectivity index is 2.05. The first kappa shape index (κ1) is 28.5. The quantitative estimate of drug-likeness (QED) is 0.396. The van der Waals surface area contributed by atoms with E-state index in [4.69, 9.17) is 23.2 Å². The molecular weight excluding hydrogens is 533 g/mol. The molecule has 3 rings (SSSR count). The number of benzene rings is 3. The third-order valence-electron chi connectivity index (χ3n) is 5.87. The Labute approximate surface area is 228 Å². The fourth-order valence-electron chi connectivity index (χ4n) is 4.05. The molecule has 0 aliphatic heterocycles. The molecule has 0 aromatic heterocycles. The van der Waals surface area contributed by atoms with E-state index >= 15 is 0 Å². The van der Waals surface area contributed by atoms with Crippen LogP contribution in [0.3, 0.4) is 0 Å². The van der Waals surface area contributed by atoms with E-state index in [1.165, 1.54) is 11.9 Å². The van der Waals surface area contributed by atoms with Crippen LogP contribution in [-0.4, -0.2) is 51.0 Å². The molecule has 0 aliphatic rings. The minimum atomic E-state index is -3.85. The van der Waals surface area contributed by atoms with Gasteiger partial charge in [0.25, 0.3) is 0 Å². The van der Waals surface area contributed by atoms with E-state index < -0.39 is 28.5 Å². The number of nitrogens with zero attached hydrogens (tertiary/aromatic N) is 2. The summed E-state index contributed by atoms with van der Waals surface area (Å²) >= 11 is 12.2. The van der Waals surface area contributed by atoms with Gasteiger partial charge in [-0.1, -0.05) is 65.7 Å². The SMILES string of the molecule is CNC(=O)[C@H](Cc1ccccc1)N(Cc1cccc(Cl)c1)C(=O)CN(c1ccc(Cl)cc1C)S(C)(=O)=O. The zero-order chi connectivity index (χ0) is 27.2. The summed E-state index contributed by atoms with van der Waals surface area (Å²) < 4.78 is 26.7. The van der Waals surface area contributed by atoms with Crippen LogP contribution >= 0.6 is 23.2 Å². The zero-order valence-corrected chi connectivity index (χ0v) is 23.1. The minimum Gasteiger partial charge on any atom is -0.357 e. The fourth-order valence-corrected chi connectivity index (χ4v) is 5.39. The highest BCUT2D eigenvalue weighted by Gasteiger charge is 2.33. The van der Waals surface area contributed by atoms with Crippen molar-refractivity contribution in [3.63, 3.8) is 0 Å². The largest absolute Gasteiger partial charge is 0.357 e. The van der Waals surface area contributed by atoms with E-state index in [0.717, 1.165) is 16.1 Å². The van der Waals surface area contributed by atoms with E-state index in [2.05, 4.69) is 5.32 Å². The molecular formula is C27H29Cl2N3O4S. The number of likely N-dealkylation sites (N-methyl/N-ethyl adjacent to an activating group) is 1. The van der Waals surface area contributed by atoms with Gasteiger partial charge in [-0.15, -0.1) is 0 Å². The molecule has 196 valence electrons. The molecule has 10 heteroatoms. The van der Waals surface area contributed by atoms with Gasteiger partial charge in [0.2, 0.25) is 21.8 Å². The van der Waals surface area contributed by atoms with E-state index in [9.17, 15) is 18.0 Å².